The fraction of sp³-hybridized carbons (Fsp3) is 0.364. The van der Waals surface area contributed by atoms with Crippen molar-refractivity contribution < 1.29 is 9.21 Å². The van der Waals surface area contributed by atoms with Crippen LogP contribution in [0.5, 0.6) is 0 Å². The predicted octanol–water partition coefficient (Wildman–Crippen LogP) is 3.46. The van der Waals surface area contributed by atoms with Gasteiger partial charge in [-0.25, -0.2) is 9.97 Å². The van der Waals surface area contributed by atoms with Crippen LogP contribution in [0.2, 0.25) is 0 Å². The number of anilines is 1. The van der Waals surface area contributed by atoms with Gasteiger partial charge in [0.05, 0.1) is 11.8 Å². The van der Waals surface area contributed by atoms with Gasteiger partial charge in [-0.05, 0) is 51.8 Å². The summed E-state index contributed by atoms with van der Waals surface area (Å²) in [6.45, 7) is 7.52. The Hall–Kier alpha value is -3.22. The minimum atomic E-state index is -0.0683. The molecule has 1 fully saturated rings. The molecule has 0 radical (unpaired) electrons. The number of nitrogens with zero attached hydrogens (tertiary/aromatic N) is 4. The van der Waals surface area contributed by atoms with E-state index in [9.17, 15) is 4.79 Å². The summed E-state index contributed by atoms with van der Waals surface area (Å²) in [4.78, 5) is 28.5. The molecule has 1 saturated heterocycles. The first kappa shape index (κ1) is 19.1. The molecule has 0 atom stereocenters. The molecule has 0 saturated carbocycles. The van der Waals surface area contributed by atoms with Crippen molar-refractivity contribution in [3.05, 3.63) is 59.3 Å². The first-order valence-corrected chi connectivity index (χ1v) is 9.89. The topological polar surface area (TPSA) is 84.2 Å². The van der Waals surface area contributed by atoms with E-state index >= 15 is 0 Å². The maximum atomic E-state index is 12.4. The molecule has 4 heterocycles. The number of furan rings is 1. The maximum Gasteiger partial charge on any atom is 0.255 e. The number of pyridine rings is 1. The SMILES string of the molecule is Cc1nc(-c2ccccn2)nc(N2CCC(NC(=O)c3ccoc3C)CC2)c1C. The predicted molar refractivity (Wildman–Crippen MR) is 111 cm³/mol. The van der Waals surface area contributed by atoms with Gasteiger partial charge in [-0.15, -0.1) is 0 Å². The van der Waals surface area contributed by atoms with E-state index in [4.69, 9.17) is 9.40 Å². The van der Waals surface area contributed by atoms with Crippen LogP contribution in [0.15, 0.2) is 41.1 Å². The van der Waals surface area contributed by atoms with Crippen LogP contribution >= 0.6 is 0 Å². The van der Waals surface area contributed by atoms with Crippen LogP contribution in [0.1, 0.15) is 40.2 Å². The third-order valence-corrected chi connectivity index (χ3v) is 5.49. The number of carbonyl (C=O) groups excluding carboxylic acids is 1. The Morgan fingerprint density at radius 3 is 2.59 bits per heavy atom. The Balaban J connectivity index is 1.46. The lowest BCUT2D eigenvalue weighted by atomic mass is 10.0. The zero-order valence-electron chi connectivity index (χ0n) is 17.0. The molecule has 7 nitrogen and oxygen atoms in total. The van der Waals surface area contributed by atoms with Gasteiger partial charge in [0.15, 0.2) is 5.82 Å². The summed E-state index contributed by atoms with van der Waals surface area (Å²) in [7, 11) is 0. The number of carbonyl (C=O) groups is 1. The lowest BCUT2D eigenvalue weighted by molar-refractivity contribution is 0.0929. The van der Waals surface area contributed by atoms with Crippen molar-refractivity contribution in [1.29, 1.82) is 0 Å². The van der Waals surface area contributed by atoms with Crippen LogP contribution in [0.4, 0.5) is 5.82 Å². The molecule has 0 aliphatic carbocycles. The third-order valence-electron chi connectivity index (χ3n) is 5.49. The Morgan fingerprint density at radius 2 is 1.93 bits per heavy atom. The second-order valence-corrected chi connectivity index (χ2v) is 7.42. The van der Waals surface area contributed by atoms with E-state index in [0.717, 1.165) is 48.7 Å². The van der Waals surface area contributed by atoms with Crippen LogP contribution in [0, 0.1) is 20.8 Å². The number of amides is 1. The molecule has 1 aliphatic rings. The highest BCUT2D eigenvalue weighted by molar-refractivity contribution is 5.95. The van der Waals surface area contributed by atoms with Gasteiger partial charge in [0.2, 0.25) is 0 Å². The van der Waals surface area contributed by atoms with Crippen LogP contribution in [-0.2, 0) is 0 Å². The van der Waals surface area contributed by atoms with Gasteiger partial charge < -0.3 is 14.6 Å². The molecule has 3 aromatic heterocycles. The van der Waals surface area contributed by atoms with Crippen molar-refractivity contribution in [2.45, 2.75) is 39.7 Å². The first-order chi connectivity index (χ1) is 14.0. The van der Waals surface area contributed by atoms with E-state index in [1.165, 1.54) is 0 Å². The van der Waals surface area contributed by atoms with Gasteiger partial charge in [0.1, 0.15) is 17.3 Å². The minimum absolute atomic E-state index is 0.0683. The molecule has 1 N–H and O–H groups in total. The average Bonchev–Trinajstić information content (AvgIpc) is 3.17. The van der Waals surface area contributed by atoms with E-state index < -0.39 is 0 Å². The average molecular weight is 391 g/mol. The van der Waals surface area contributed by atoms with Crippen LogP contribution in [0.3, 0.4) is 0 Å². The standard InChI is InChI=1S/C22H25N5O2/c1-14-15(2)24-20(19-6-4-5-10-23-19)26-21(14)27-11-7-17(8-12-27)25-22(28)18-9-13-29-16(18)3/h4-6,9-10,13,17H,7-8,11-12H2,1-3H3,(H,25,28). The fourth-order valence-corrected chi connectivity index (χ4v) is 3.65. The zero-order valence-corrected chi connectivity index (χ0v) is 17.0. The number of hydrogen-bond acceptors (Lipinski definition) is 6. The molecule has 7 heteroatoms. The van der Waals surface area contributed by atoms with Crippen LogP contribution < -0.4 is 10.2 Å². The van der Waals surface area contributed by atoms with Crippen molar-refractivity contribution in [2.24, 2.45) is 0 Å². The lowest BCUT2D eigenvalue weighted by Gasteiger charge is -2.34. The molecule has 0 aromatic carbocycles. The second-order valence-electron chi connectivity index (χ2n) is 7.42. The quantitative estimate of drug-likeness (QED) is 0.733. The van der Waals surface area contributed by atoms with Crippen molar-refractivity contribution in [3.63, 3.8) is 0 Å². The highest BCUT2D eigenvalue weighted by Crippen LogP contribution is 2.26. The Kier molecular flexibility index (Phi) is 5.29. The number of piperidine rings is 1. The van der Waals surface area contributed by atoms with Crippen molar-refractivity contribution in [3.8, 4) is 11.5 Å². The number of aryl methyl sites for hydroxylation is 2. The highest BCUT2D eigenvalue weighted by atomic mass is 16.3. The van der Waals surface area contributed by atoms with Crippen LogP contribution in [-0.4, -0.2) is 40.0 Å². The number of hydrogen-bond donors (Lipinski definition) is 1. The Labute approximate surface area is 170 Å². The number of nitrogens with one attached hydrogen (secondary N) is 1. The monoisotopic (exact) mass is 391 g/mol. The van der Waals surface area contributed by atoms with E-state index in [2.05, 4.69) is 27.1 Å². The summed E-state index contributed by atoms with van der Waals surface area (Å²) in [5.74, 6) is 2.18. The number of aromatic nitrogens is 3. The summed E-state index contributed by atoms with van der Waals surface area (Å²) in [6, 6.07) is 7.61. The zero-order chi connectivity index (χ0) is 20.4. The summed E-state index contributed by atoms with van der Waals surface area (Å²) in [6.07, 6.45) is 5.03. The molecular formula is C22H25N5O2. The molecule has 3 aromatic rings. The maximum absolute atomic E-state index is 12.4. The highest BCUT2D eigenvalue weighted by Gasteiger charge is 2.25. The van der Waals surface area contributed by atoms with E-state index in [-0.39, 0.29) is 11.9 Å². The van der Waals surface area contributed by atoms with Gasteiger partial charge >= 0.3 is 0 Å². The summed E-state index contributed by atoms with van der Waals surface area (Å²) >= 11 is 0. The Morgan fingerprint density at radius 1 is 1.14 bits per heavy atom. The Bertz CT molecular complexity index is 1010. The van der Waals surface area contributed by atoms with Crippen molar-refractivity contribution in [2.75, 3.05) is 18.0 Å². The smallest absolute Gasteiger partial charge is 0.255 e. The van der Waals surface area contributed by atoms with Crippen molar-refractivity contribution in [1.82, 2.24) is 20.3 Å². The summed E-state index contributed by atoms with van der Waals surface area (Å²) in [5, 5.41) is 3.13. The van der Waals surface area contributed by atoms with Gasteiger partial charge in [0, 0.05) is 36.6 Å². The van der Waals surface area contributed by atoms with Gasteiger partial charge in [-0.2, -0.15) is 0 Å². The normalized spacial score (nSPS) is 14.8. The molecule has 29 heavy (non-hydrogen) atoms. The van der Waals surface area contributed by atoms with Gasteiger partial charge in [-0.1, -0.05) is 6.07 Å². The molecule has 4 rings (SSSR count). The van der Waals surface area contributed by atoms with Crippen LogP contribution in [0.25, 0.3) is 11.5 Å². The molecule has 0 spiro atoms. The minimum Gasteiger partial charge on any atom is -0.469 e. The summed E-state index contributed by atoms with van der Waals surface area (Å²) < 4.78 is 5.23. The molecule has 0 unspecified atom stereocenters. The fourth-order valence-electron chi connectivity index (χ4n) is 3.65. The lowest BCUT2D eigenvalue weighted by Crippen LogP contribution is -2.45. The molecule has 1 aliphatic heterocycles. The molecule has 1 amide bonds. The third kappa shape index (κ3) is 3.99. The van der Waals surface area contributed by atoms with E-state index in [1.807, 2.05) is 25.1 Å². The largest absolute Gasteiger partial charge is 0.469 e. The van der Waals surface area contributed by atoms with E-state index in [1.54, 1.807) is 25.5 Å². The first-order valence-electron chi connectivity index (χ1n) is 9.89. The van der Waals surface area contributed by atoms with E-state index in [0.29, 0.717) is 17.1 Å². The van der Waals surface area contributed by atoms with Gasteiger partial charge in [0.25, 0.3) is 5.91 Å². The second kappa shape index (κ2) is 8.03. The van der Waals surface area contributed by atoms with Gasteiger partial charge in [-0.3, -0.25) is 9.78 Å². The molecule has 150 valence electrons. The molecular weight excluding hydrogens is 366 g/mol. The molecule has 0 bridgehead atoms. The summed E-state index contributed by atoms with van der Waals surface area (Å²) in [5.41, 5.74) is 3.42. The van der Waals surface area contributed by atoms with Crippen molar-refractivity contribution >= 4 is 11.7 Å². The number of rotatable bonds is 4.